The van der Waals surface area contributed by atoms with Crippen LogP contribution < -0.4 is 10.5 Å². The molecule has 2 rings (SSSR count). The molecule has 0 fully saturated rings. The number of hydrogen-bond donors (Lipinski definition) is 1. The highest BCUT2D eigenvalue weighted by Gasteiger charge is 2.10. The van der Waals surface area contributed by atoms with Crippen LogP contribution in [0.15, 0.2) is 29.6 Å². The van der Waals surface area contributed by atoms with Gasteiger partial charge in [-0.05, 0) is 17.7 Å². The van der Waals surface area contributed by atoms with Gasteiger partial charge in [0.1, 0.15) is 17.4 Å². The zero-order chi connectivity index (χ0) is 15.2. The van der Waals surface area contributed by atoms with Gasteiger partial charge in [-0.25, -0.2) is 4.98 Å². The Hall–Kier alpha value is -1.92. The summed E-state index contributed by atoms with van der Waals surface area (Å²) in [6.07, 6.45) is 0.334. The third-order valence-electron chi connectivity index (χ3n) is 2.92. The van der Waals surface area contributed by atoms with Crippen LogP contribution in [0.4, 0.5) is 0 Å². The van der Waals surface area contributed by atoms with Crippen LogP contribution in [0.5, 0.6) is 5.75 Å². The van der Waals surface area contributed by atoms with Crippen LogP contribution >= 0.6 is 11.3 Å². The second-order valence-electron chi connectivity index (χ2n) is 4.84. The number of carbonyl (C=O) groups excluding carboxylic acids is 1. The van der Waals surface area contributed by atoms with Crippen molar-refractivity contribution in [2.45, 2.75) is 19.6 Å². The molecule has 0 radical (unpaired) electrons. The van der Waals surface area contributed by atoms with Crippen LogP contribution in [0, 0.1) is 0 Å². The molecule has 0 saturated heterocycles. The average Bonchev–Trinajstić information content (AvgIpc) is 2.92. The van der Waals surface area contributed by atoms with E-state index in [1.54, 1.807) is 19.0 Å². The maximum atomic E-state index is 11.6. The molecule has 0 spiro atoms. The number of likely N-dealkylation sites (N-methyl/N-ethyl adjacent to an activating group) is 1. The molecule has 0 unspecified atom stereocenters. The lowest BCUT2D eigenvalue weighted by Gasteiger charge is -2.08. The van der Waals surface area contributed by atoms with E-state index in [-0.39, 0.29) is 5.91 Å². The zero-order valence-electron chi connectivity index (χ0n) is 12.2. The monoisotopic (exact) mass is 305 g/mol. The molecule has 1 heterocycles. The molecule has 1 amide bonds. The molecule has 21 heavy (non-hydrogen) atoms. The number of amides is 1. The molecule has 5 nitrogen and oxygen atoms in total. The van der Waals surface area contributed by atoms with Gasteiger partial charge in [0.05, 0.1) is 12.1 Å². The maximum absolute atomic E-state index is 11.6. The number of benzene rings is 1. The van der Waals surface area contributed by atoms with Crippen molar-refractivity contribution in [3.05, 3.63) is 45.9 Å². The Bertz CT molecular complexity index is 610. The number of aromatic nitrogens is 1. The summed E-state index contributed by atoms with van der Waals surface area (Å²) in [6.45, 7) is 0.880. The van der Waals surface area contributed by atoms with E-state index in [2.05, 4.69) is 4.98 Å². The molecule has 0 aliphatic heterocycles. The van der Waals surface area contributed by atoms with Crippen LogP contribution in [0.2, 0.25) is 0 Å². The van der Waals surface area contributed by atoms with Crippen molar-refractivity contribution >= 4 is 17.2 Å². The van der Waals surface area contributed by atoms with E-state index in [9.17, 15) is 4.79 Å². The molecule has 0 aliphatic rings. The summed E-state index contributed by atoms with van der Waals surface area (Å²) in [5.74, 6) is 0.823. The standard InChI is InChI=1S/C15H19N3O2S/c1-18(2)15(19)7-14-17-12(10-21-14)9-20-13-5-3-4-11(6-13)8-16/h3-6,10H,7-9,16H2,1-2H3. The minimum absolute atomic E-state index is 0.0486. The highest BCUT2D eigenvalue weighted by Crippen LogP contribution is 2.16. The summed E-state index contributed by atoms with van der Waals surface area (Å²) < 4.78 is 5.69. The van der Waals surface area contributed by atoms with E-state index in [0.29, 0.717) is 19.6 Å². The van der Waals surface area contributed by atoms with E-state index >= 15 is 0 Å². The molecule has 2 aromatic rings. The SMILES string of the molecule is CN(C)C(=O)Cc1nc(COc2cccc(CN)c2)cs1. The summed E-state index contributed by atoms with van der Waals surface area (Å²) in [5, 5.41) is 2.73. The zero-order valence-corrected chi connectivity index (χ0v) is 13.0. The Morgan fingerprint density at radius 3 is 2.95 bits per heavy atom. The van der Waals surface area contributed by atoms with E-state index in [1.165, 1.54) is 11.3 Å². The summed E-state index contributed by atoms with van der Waals surface area (Å²) >= 11 is 1.48. The lowest BCUT2D eigenvalue weighted by molar-refractivity contribution is -0.127. The number of nitrogens with zero attached hydrogens (tertiary/aromatic N) is 2. The predicted octanol–water partition coefficient (Wildman–Crippen LogP) is 1.81. The van der Waals surface area contributed by atoms with Gasteiger partial charge >= 0.3 is 0 Å². The number of thiazole rings is 1. The fraction of sp³-hybridized carbons (Fsp3) is 0.333. The average molecular weight is 305 g/mol. The van der Waals surface area contributed by atoms with Crippen LogP contribution in [0.1, 0.15) is 16.3 Å². The predicted molar refractivity (Wildman–Crippen MR) is 83.2 cm³/mol. The number of ether oxygens (including phenoxy) is 1. The number of nitrogens with two attached hydrogens (primary N) is 1. The molecule has 0 saturated carbocycles. The first-order chi connectivity index (χ1) is 10.1. The van der Waals surface area contributed by atoms with E-state index in [4.69, 9.17) is 10.5 Å². The van der Waals surface area contributed by atoms with Crippen LogP contribution in [0.25, 0.3) is 0 Å². The van der Waals surface area contributed by atoms with Crippen LogP contribution in [-0.2, 0) is 24.4 Å². The summed E-state index contributed by atoms with van der Waals surface area (Å²) in [7, 11) is 3.48. The van der Waals surface area contributed by atoms with Gasteiger partial charge in [0.15, 0.2) is 0 Å². The fourth-order valence-corrected chi connectivity index (χ4v) is 2.47. The highest BCUT2D eigenvalue weighted by atomic mass is 32.1. The van der Waals surface area contributed by atoms with Crippen molar-refractivity contribution < 1.29 is 9.53 Å². The third-order valence-corrected chi connectivity index (χ3v) is 3.82. The van der Waals surface area contributed by atoms with E-state index in [1.807, 2.05) is 29.6 Å². The van der Waals surface area contributed by atoms with Gasteiger partial charge < -0.3 is 15.4 Å². The summed E-state index contributed by atoms with van der Waals surface area (Å²) in [6, 6.07) is 7.69. The lowest BCUT2D eigenvalue weighted by atomic mass is 10.2. The number of rotatable bonds is 6. The quantitative estimate of drug-likeness (QED) is 0.884. The molecule has 6 heteroatoms. The summed E-state index contributed by atoms with van der Waals surface area (Å²) in [5.41, 5.74) is 7.46. The van der Waals surface area contributed by atoms with Gasteiger partial charge in [-0.2, -0.15) is 0 Å². The van der Waals surface area contributed by atoms with Crippen molar-refractivity contribution in [2.75, 3.05) is 14.1 Å². The van der Waals surface area contributed by atoms with Crippen molar-refractivity contribution in [1.82, 2.24) is 9.88 Å². The lowest BCUT2D eigenvalue weighted by Crippen LogP contribution is -2.23. The van der Waals surface area contributed by atoms with Gasteiger partial charge in [0, 0.05) is 26.0 Å². The second kappa shape index (κ2) is 7.19. The van der Waals surface area contributed by atoms with Gasteiger partial charge in [0.25, 0.3) is 0 Å². The molecule has 0 bridgehead atoms. The largest absolute Gasteiger partial charge is 0.487 e. The topological polar surface area (TPSA) is 68.5 Å². The van der Waals surface area contributed by atoms with Crippen molar-refractivity contribution in [1.29, 1.82) is 0 Å². The Morgan fingerprint density at radius 2 is 2.24 bits per heavy atom. The molecular weight excluding hydrogens is 286 g/mol. The first kappa shape index (κ1) is 15.5. The third kappa shape index (κ3) is 4.54. The first-order valence-corrected chi connectivity index (χ1v) is 7.51. The van der Waals surface area contributed by atoms with Crippen molar-refractivity contribution in [2.24, 2.45) is 5.73 Å². The normalized spacial score (nSPS) is 10.4. The Morgan fingerprint density at radius 1 is 1.43 bits per heavy atom. The van der Waals surface area contributed by atoms with E-state index < -0.39 is 0 Å². The van der Waals surface area contributed by atoms with Crippen LogP contribution in [0.3, 0.4) is 0 Å². The minimum atomic E-state index is 0.0486. The van der Waals surface area contributed by atoms with Crippen molar-refractivity contribution in [3.63, 3.8) is 0 Å². The van der Waals surface area contributed by atoms with Gasteiger partial charge in [0.2, 0.25) is 5.91 Å². The first-order valence-electron chi connectivity index (χ1n) is 6.63. The molecule has 0 atom stereocenters. The maximum Gasteiger partial charge on any atom is 0.228 e. The van der Waals surface area contributed by atoms with Crippen LogP contribution in [-0.4, -0.2) is 29.9 Å². The Balaban J connectivity index is 1.92. The molecule has 0 aliphatic carbocycles. The van der Waals surface area contributed by atoms with Gasteiger partial charge in [-0.15, -0.1) is 11.3 Å². The smallest absolute Gasteiger partial charge is 0.228 e. The highest BCUT2D eigenvalue weighted by molar-refractivity contribution is 7.09. The van der Waals surface area contributed by atoms with Gasteiger partial charge in [-0.3, -0.25) is 4.79 Å². The van der Waals surface area contributed by atoms with E-state index in [0.717, 1.165) is 22.0 Å². The Kier molecular flexibility index (Phi) is 5.30. The van der Waals surface area contributed by atoms with Gasteiger partial charge in [-0.1, -0.05) is 12.1 Å². The number of carbonyl (C=O) groups is 1. The number of hydrogen-bond acceptors (Lipinski definition) is 5. The Labute approximate surface area is 128 Å². The summed E-state index contributed by atoms with van der Waals surface area (Å²) in [4.78, 5) is 17.6. The molecule has 112 valence electrons. The molecule has 1 aromatic carbocycles. The minimum Gasteiger partial charge on any atom is -0.487 e. The molecule has 1 aromatic heterocycles. The fourth-order valence-electron chi connectivity index (χ4n) is 1.70. The second-order valence-corrected chi connectivity index (χ2v) is 5.78. The van der Waals surface area contributed by atoms with Crippen molar-refractivity contribution in [3.8, 4) is 5.75 Å². The molecular formula is C15H19N3O2S. The molecule has 2 N–H and O–H groups in total.